The van der Waals surface area contributed by atoms with Crippen molar-refractivity contribution in [1.29, 1.82) is 0 Å². The lowest BCUT2D eigenvalue weighted by molar-refractivity contribution is -0.145. The van der Waals surface area contributed by atoms with E-state index >= 15 is 8.78 Å². The summed E-state index contributed by atoms with van der Waals surface area (Å²) in [7, 11) is 0. The largest absolute Gasteiger partial charge is 0.490 e. The van der Waals surface area contributed by atoms with Gasteiger partial charge in [-0.3, -0.25) is 4.79 Å². The number of fused-ring (bicyclic) bond motifs is 1. The number of alkyl carbamates (subject to hydrolysis) is 1. The van der Waals surface area contributed by atoms with E-state index in [0.29, 0.717) is 42.0 Å². The lowest BCUT2D eigenvalue weighted by Gasteiger charge is -2.36. The zero-order valence-corrected chi connectivity index (χ0v) is 27.9. The minimum atomic E-state index is -4.70. The summed E-state index contributed by atoms with van der Waals surface area (Å²) < 4.78 is 85.8. The molecule has 48 heavy (non-hydrogen) atoms. The van der Waals surface area contributed by atoms with Gasteiger partial charge in [0, 0.05) is 29.6 Å². The number of likely N-dealkylation sites (tertiary alicyclic amines) is 1. The Kier molecular flexibility index (Phi) is 10.8. The first kappa shape index (κ1) is 35.7. The normalized spacial score (nSPS) is 17.4. The van der Waals surface area contributed by atoms with Gasteiger partial charge in [0.05, 0.1) is 11.7 Å². The number of nitrogens with zero attached hydrogens (tertiary/aromatic N) is 1. The Morgan fingerprint density at radius 1 is 0.833 bits per heavy atom. The zero-order valence-electron chi connectivity index (χ0n) is 27.0. The Balaban J connectivity index is 1.31. The van der Waals surface area contributed by atoms with Crippen LogP contribution in [0.3, 0.4) is 0 Å². The third kappa shape index (κ3) is 9.10. The van der Waals surface area contributed by atoms with Crippen molar-refractivity contribution in [2.24, 2.45) is 0 Å². The molecule has 1 saturated heterocycles. The van der Waals surface area contributed by atoms with E-state index in [9.17, 15) is 22.8 Å². The smallest absolute Gasteiger partial charge is 0.416 e. The highest BCUT2D eigenvalue weighted by atomic mass is 32.2. The summed E-state index contributed by atoms with van der Waals surface area (Å²) in [5.41, 5.74) is -2.49. The zero-order chi connectivity index (χ0) is 34.7. The van der Waals surface area contributed by atoms with Gasteiger partial charge in [-0.25, -0.2) is 9.52 Å². The first-order valence-corrected chi connectivity index (χ1v) is 16.9. The van der Waals surface area contributed by atoms with E-state index in [1.165, 1.54) is 4.90 Å². The maximum Gasteiger partial charge on any atom is 0.416 e. The van der Waals surface area contributed by atoms with Crippen LogP contribution in [0, 0.1) is 0 Å². The van der Waals surface area contributed by atoms with Crippen LogP contribution in [0.4, 0.5) is 26.7 Å². The number of benzene rings is 3. The van der Waals surface area contributed by atoms with Crippen molar-refractivity contribution in [1.82, 2.24) is 14.9 Å². The van der Waals surface area contributed by atoms with E-state index in [2.05, 4.69) is 10.0 Å². The number of hydrogen-bond donors (Lipinski definition) is 2. The molecule has 260 valence electrons. The van der Waals surface area contributed by atoms with Gasteiger partial charge in [0.1, 0.15) is 11.4 Å². The standard InChI is InChI=1S/C35H40F5N3O4S/c1-33(2,3)47-32(45)41-26-16-18-43(19-17-26)31(44)30(34(36,37)24-10-12-25(13-11-24)35(38,39)40)42-48-29-15-9-22-20-28(14-8-23(22)21-29)46-27-6-4-5-7-27/h8-15,20-21,26-27,30,42H,4-7,16-19H2,1-3H3,(H,41,45). The summed E-state index contributed by atoms with van der Waals surface area (Å²) >= 11 is 0.847. The topological polar surface area (TPSA) is 79.9 Å². The number of hydrogen-bond acceptors (Lipinski definition) is 6. The monoisotopic (exact) mass is 693 g/mol. The predicted octanol–water partition coefficient (Wildman–Crippen LogP) is 8.45. The molecule has 7 nitrogen and oxygen atoms in total. The molecule has 0 spiro atoms. The van der Waals surface area contributed by atoms with E-state index in [1.807, 2.05) is 24.3 Å². The Morgan fingerprint density at radius 2 is 1.44 bits per heavy atom. The van der Waals surface area contributed by atoms with Crippen LogP contribution < -0.4 is 14.8 Å². The van der Waals surface area contributed by atoms with E-state index < -0.39 is 46.9 Å². The molecule has 3 aromatic rings. The minimum Gasteiger partial charge on any atom is -0.490 e. The van der Waals surface area contributed by atoms with Gasteiger partial charge in [-0.1, -0.05) is 24.3 Å². The molecule has 1 atom stereocenters. The predicted molar refractivity (Wildman–Crippen MR) is 174 cm³/mol. The van der Waals surface area contributed by atoms with Crippen LogP contribution in [0.1, 0.15) is 70.4 Å². The molecule has 0 bridgehead atoms. The summed E-state index contributed by atoms with van der Waals surface area (Å²) in [6, 6.07) is 11.2. The highest BCUT2D eigenvalue weighted by Gasteiger charge is 2.48. The number of amides is 2. The van der Waals surface area contributed by atoms with Crippen LogP contribution in [0.25, 0.3) is 10.8 Å². The van der Waals surface area contributed by atoms with Crippen molar-refractivity contribution in [2.45, 2.75) is 100 Å². The molecule has 2 aliphatic rings. The van der Waals surface area contributed by atoms with Crippen LogP contribution in [0.2, 0.25) is 0 Å². The van der Waals surface area contributed by atoms with Gasteiger partial charge in [0.25, 0.3) is 5.92 Å². The summed E-state index contributed by atoms with van der Waals surface area (Å²) in [6.07, 6.45) is -0.128. The average molecular weight is 694 g/mol. The molecule has 1 aliphatic carbocycles. The second-order valence-electron chi connectivity index (χ2n) is 13.3. The molecular weight excluding hydrogens is 653 g/mol. The third-order valence-electron chi connectivity index (χ3n) is 8.42. The number of rotatable bonds is 9. The Morgan fingerprint density at radius 3 is 2.06 bits per heavy atom. The fraction of sp³-hybridized carbons (Fsp3) is 0.486. The number of ether oxygens (including phenoxy) is 2. The summed E-state index contributed by atoms with van der Waals surface area (Å²) in [6.45, 7) is 5.38. The number of alkyl halides is 5. The van der Waals surface area contributed by atoms with Gasteiger partial charge in [-0.05, 0) is 118 Å². The fourth-order valence-electron chi connectivity index (χ4n) is 5.89. The van der Waals surface area contributed by atoms with E-state index in [0.717, 1.165) is 54.2 Å². The molecule has 1 saturated carbocycles. The van der Waals surface area contributed by atoms with Crippen molar-refractivity contribution in [3.05, 3.63) is 71.8 Å². The van der Waals surface area contributed by atoms with E-state index in [1.54, 1.807) is 32.9 Å². The second kappa shape index (κ2) is 14.5. The average Bonchev–Trinajstić information content (AvgIpc) is 3.53. The molecule has 1 heterocycles. The lowest BCUT2D eigenvalue weighted by Crippen LogP contribution is -2.56. The Hall–Kier alpha value is -3.58. The fourth-order valence-corrected chi connectivity index (χ4v) is 6.72. The lowest BCUT2D eigenvalue weighted by atomic mass is 9.97. The van der Waals surface area contributed by atoms with Gasteiger partial charge in [-0.15, -0.1) is 0 Å². The van der Waals surface area contributed by atoms with E-state index in [4.69, 9.17) is 9.47 Å². The molecule has 1 aliphatic heterocycles. The second-order valence-corrected chi connectivity index (χ2v) is 14.2. The van der Waals surface area contributed by atoms with Crippen molar-refractivity contribution in [2.75, 3.05) is 13.1 Å². The number of piperidine rings is 1. The van der Waals surface area contributed by atoms with Gasteiger partial charge in [0.2, 0.25) is 5.91 Å². The van der Waals surface area contributed by atoms with Gasteiger partial charge < -0.3 is 19.7 Å². The highest BCUT2D eigenvalue weighted by molar-refractivity contribution is 7.97. The van der Waals surface area contributed by atoms with Crippen LogP contribution in [0.15, 0.2) is 65.6 Å². The minimum absolute atomic E-state index is 0.0898. The quantitative estimate of drug-likeness (QED) is 0.173. The molecule has 2 fully saturated rings. The number of halogens is 5. The Bertz CT molecular complexity index is 1580. The molecule has 13 heteroatoms. The summed E-state index contributed by atoms with van der Waals surface area (Å²) in [5, 5.41) is 4.50. The van der Waals surface area contributed by atoms with Crippen LogP contribution in [-0.4, -0.2) is 53.8 Å². The SMILES string of the molecule is CC(C)(C)OC(=O)NC1CCN(C(=O)C(NSc2ccc3cc(OC4CCCC4)ccc3c2)C(F)(F)c2ccc(C(F)(F)F)cc2)CC1. The van der Waals surface area contributed by atoms with Gasteiger partial charge in [0.15, 0.2) is 6.04 Å². The number of nitrogens with one attached hydrogen (secondary N) is 2. The van der Waals surface area contributed by atoms with Crippen LogP contribution in [0.5, 0.6) is 5.75 Å². The maximum absolute atomic E-state index is 16.1. The summed E-state index contributed by atoms with van der Waals surface area (Å²) in [4.78, 5) is 27.8. The number of carbonyl (C=O) groups excluding carboxylic acids is 2. The molecule has 1 unspecified atom stereocenters. The van der Waals surface area contributed by atoms with Crippen molar-refractivity contribution in [3.63, 3.8) is 0 Å². The van der Waals surface area contributed by atoms with Crippen LogP contribution >= 0.6 is 11.9 Å². The van der Waals surface area contributed by atoms with Crippen LogP contribution in [-0.2, 0) is 21.6 Å². The van der Waals surface area contributed by atoms with Gasteiger partial charge in [-0.2, -0.15) is 22.0 Å². The van der Waals surface area contributed by atoms with Gasteiger partial charge >= 0.3 is 12.3 Å². The molecule has 2 N–H and O–H groups in total. The first-order valence-electron chi connectivity index (χ1n) is 16.1. The molecule has 0 radical (unpaired) electrons. The van der Waals surface area contributed by atoms with Crippen molar-refractivity contribution < 1.29 is 41.0 Å². The molecule has 5 rings (SSSR count). The van der Waals surface area contributed by atoms with Crippen molar-refractivity contribution in [3.8, 4) is 5.75 Å². The number of carbonyl (C=O) groups is 2. The van der Waals surface area contributed by atoms with Crippen molar-refractivity contribution >= 4 is 34.7 Å². The maximum atomic E-state index is 16.1. The highest BCUT2D eigenvalue weighted by Crippen LogP contribution is 2.38. The Labute approximate surface area is 281 Å². The molecule has 2 amide bonds. The molecule has 3 aromatic carbocycles. The molecular formula is C35H40F5N3O4S. The first-order chi connectivity index (χ1) is 22.6. The summed E-state index contributed by atoms with van der Waals surface area (Å²) in [5.74, 6) is -4.01. The van der Waals surface area contributed by atoms with E-state index in [-0.39, 0.29) is 25.2 Å². The third-order valence-corrected chi connectivity index (χ3v) is 9.26. The molecule has 0 aromatic heterocycles.